The summed E-state index contributed by atoms with van der Waals surface area (Å²) in [6.45, 7) is 5.04. The van der Waals surface area contributed by atoms with Crippen LogP contribution in [-0.2, 0) is 0 Å². The molecule has 0 rings (SSSR count). The Bertz CT molecular complexity index is 309. The van der Waals surface area contributed by atoms with Gasteiger partial charge in [0.25, 0.3) is 0 Å². The Labute approximate surface area is 151 Å². The van der Waals surface area contributed by atoms with E-state index >= 15 is 0 Å². The lowest BCUT2D eigenvalue weighted by Crippen LogP contribution is -2.42. The SMILES string of the molecule is CCCCCCCCCCCCCCCC[N+](C)(C)CCN=[N+]=[N-]. The molecule has 0 bridgehead atoms. The van der Waals surface area contributed by atoms with Crippen LogP contribution in [0.2, 0.25) is 0 Å². The van der Waals surface area contributed by atoms with Crippen LogP contribution in [0.5, 0.6) is 0 Å². The predicted molar refractivity (Wildman–Crippen MR) is 106 cm³/mol. The van der Waals surface area contributed by atoms with Crippen LogP contribution in [0, 0.1) is 0 Å². The largest absolute Gasteiger partial charge is 0.328 e. The number of unbranched alkanes of at least 4 members (excludes halogenated alkanes) is 13. The summed E-state index contributed by atoms with van der Waals surface area (Å²) in [5, 5.41) is 3.64. The van der Waals surface area contributed by atoms with Crippen LogP contribution in [0.25, 0.3) is 10.4 Å². The highest BCUT2D eigenvalue weighted by molar-refractivity contribution is 4.50. The molecule has 0 aromatic rings. The smallest absolute Gasteiger partial charge is 0.0839 e. The van der Waals surface area contributed by atoms with E-state index in [2.05, 4.69) is 31.0 Å². The molecule has 0 fully saturated rings. The Kier molecular flexibility index (Phi) is 16.6. The maximum Gasteiger partial charge on any atom is 0.0839 e. The third-order valence-electron chi connectivity index (χ3n) is 4.99. The third kappa shape index (κ3) is 17.6. The van der Waals surface area contributed by atoms with Gasteiger partial charge in [0.15, 0.2) is 0 Å². The van der Waals surface area contributed by atoms with Gasteiger partial charge >= 0.3 is 0 Å². The standard InChI is InChI=1S/C20H43N4/c1-4-5-6-7-8-9-10-11-12-13-14-15-16-17-19-24(2,3)20-18-22-23-21/h4-20H2,1-3H3/q+1. The van der Waals surface area contributed by atoms with Gasteiger partial charge in [-0.05, 0) is 18.4 Å². The van der Waals surface area contributed by atoms with Crippen LogP contribution in [0.4, 0.5) is 0 Å². The minimum Gasteiger partial charge on any atom is -0.328 e. The van der Waals surface area contributed by atoms with Gasteiger partial charge < -0.3 is 4.48 Å². The molecule has 0 N–H and O–H groups in total. The minimum absolute atomic E-state index is 0.613. The van der Waals surface area contributed by atoms with Crippen LogP contribution in [0.1, 0.15) is 96.8 Å². The normalized spacial score (nSPS) is 11.5. The lowest BCUT2D eigenvalue weighted by atomic mass is 10.0. The number of rotatable bonds is 18. The fraction of sp³-hybridized carbons (Fsp3) is 1.00. The topological polar surface area (TPSA) is 48.8 Å². The third-order valence-corrected chi connectivity index (χ3v) is 4.99. The van der Waals surface area contributed by atoms with E-state index in [1.165, 1.54) is 96.4 Å². The van der Waals surface area contributed by atoms with Crippen molar-refractivity contribution in [3.8, 4) is 0 Å². The number of hydrogen-bond donors (Lipinski definition) is 0. The molecule has 0 unspecified atom stereocenters. The fourth-order valence-electron chi connectivity index (χ4n) is 3.21. The number of hydrogen-bond acceptors (Lipinski definition) is 1. The summed E-state index contributed by atoms with van der Waals surface area (Å²) in [4.78, 5) is 2.83. The predicted octanol–water partition coefficient (Wildman–Crippen LogP) is 6.85. The van der Waals surface area contributed by atoms with E-state index in [1.807, 2.05) is 0 Å². The van der Waals surface area contributed by atoms with Crippen LogP contribution in [0.3, 0.4) is 0 Å². The molecule has 0 aliphatic heterocycles. The second-order valence-corrected chi connectivity index (χ2v) is 7.93. The van der Waals surface area contributed by atoms with Gasteiger partial charge in [0.05, 0.1) is 33.7 Å². The van der Waals surface area contributed by atoms with Crippen molar-refractivity contribution in [1.29, 1.82) is 0 Å². The summed E-state index contributed by atoms with van der Waals surface area (Å²) < 4.78 is 0.970. The molecule has 0 aliphatic rings. The maximum absolute atomic E-state index is 8.32. The van der Waals surface area contributed by atoms with Crippen molar-refractivity contribution >= 4 is 0 Å². The Morgan fingerprint density at radius 1 is 0.667 bits per heavy atom. The molecule has 4 heteroatoms. The van der Waals surface area contributed by atoms with Crippen molar-refractivity contribution in [2.75, 3.05) is 33.7 Å². The fourth-order valence-corrected chi connectivity index (χ4v) is 3.21. The van der Waals surface area contributed by atoms with Crippen LogP contribution >= 0.6 is 0 Å². The molecule has 0 atom stereocenters. The van der Waals surface area contributed by atoms with E-state index in [-0.39, 0.29) is 0 Å². The monoisotopic (exact) mass is 339 g/mol. The molecule has 0 heterocycles. The Hall–Kier alpha value is -0.730. The van der Waals surface area contributed by atoms with Crippen LogP contribution < -0.4 is 0 Å². The second kappa shape index (κ2) is 17.1. The first-order valence-electron chi connectivity index (χ1n) is 10.5. The lowest BCUT2D eigenvalue weighted by Gasteiger charge is -2.29. The van der Waals surface area contributed by atoms with Crippen molar-refractivity contribution in [2.45, 2.75) is 96.8 Å². The van der Waals surface area contributed by atoms with Gasteiger partial charge in [-0.2, -0.15) is 0 Å². The molecule has 0 amide bonds. The van der Waals surface area contributed by atoms with Crippen LogP contribution in [0.15, 0.2) is 5.11 Å². The number of quaternary nitrogens is 1. The number of azide groups is 1. The summed E-state index contributed by atoms with van der Waals surface area (Å²) in [5.41, 5.74) is 8.32. The summed E-state index contributed by atoms with van der Waals surface area (Å²) in [6, 6.07) is 0. The Balaban J connectivity index is 3.23. The first-order chi connectivity index (χ1) is 11.6. The average Bonchev–Trinajstić information content (AvgIpc) is 2.55. The molecule has 0 aromatic carbocycles. The molecule has 0 saturated carbocycles. The molecular formula is C20H43N4+. The zero-order valence-electron chi connectivity index (χ0n) is 16.8. The van der Waals surface area contributed by atoms with E-state index in [4.69, 9.17) is 5.53 Å². The van der Waals surface area contributed by atoms with Crippen molar-refractivity contribution in [2.24, 2.45) is 5.11 Å². The highest BCUT2D eigenvalue weighted by atomic mass is 15.3. The van der Waals surface area contributed by atoms with Crippen molar-refractivity contribution in [3.05, 3.63) is 10.4 Å². The number of nitrogens with zero attached hydrogens (tertiary/aromatic N) is 4. The zero-order valence-corrected chi connectivity index (χ0v) is 16.8. The maximum atomic E-state index is 8.32. The molecular weight excluding hydrogens is 296 g/mol. The van der Waals surface area contributed by atoms with Gasteiger partial charge in [0.2, 0.25) is 0 Å². The summed E-state index contributed by atoms with van der Waals surface area (Å²) in [5.74, 6) is 0. The highest BCUT2D eigenvalue weighted by Crippen LogP contribution is 2.13. The molecule has 0 radical (unpaired) electrons. The van der Waals surface area contributed by atoms with E-state index in [0.717, 1.165) is 11.0 Å². The first kappa shape index (κ1) is 23.3. The van der Waals surface area contributed by atoms with Gasteiger partial charge in [0.1, 0.15) is 0 Å². The molecule has 24 heavy (non-hydrogen) atoms. The quantitative estimate of drug-likeness (QED) is 0.0861. The molecule has 0 saturated heterocycles. The summed E-state index contributed by atoms with van der Waals surface area (Å²) in [6.07, 6.45) is 19.7. The summed E-state index contributed by atoms with van der Waals surface area (Å²) >= 11 is 0. The molecule has 0 aromatic heterocycles. The van der Waals surface area contributed by atoms with Crippen molar-refractivity contribution in [1.82, 2.24) is 0 Å². The van der Waals surface area contributed by atoms with Gasteiger partial charge in [-0.15, -0.1) is 0 Å². The zero-order chi connectivity index (χ0) is 17.9. The van der Waals surface area contributed by atoms with E-state index in [9.17, 15) is 0 Å². The first-order valence-corrected chi connectivity index (χ1v) is 10.5. The molecule has 0 aliphatic carbocycles. The van der Waals surface area contributed by atoms with E-state index < -0.39 is 0 Å². The van der Waals surface area contributed by atoms with Gasteiger partial charge in [-0.1, -0.05) is 89.1 Å². The van der Waals surface area contributed by atoms with Crippen molar-refractivity contribution < 1.29 is 4.48 Å². The van der Waals surface area contributed by atoms with E-state index in [1.54, 1.807) is 0 Å². The van der Waals surface area contributed by atoms with Gasteiger partial charge in [0, 0.05) is 4.91 Å². The summed E-state index contributed by atoms with van der Waals surface area (Å²) in [7, 11) is 4.46. The van der Waals surface area contributed by atoms with Gasteiger partial charge in [-0.3, -0.25) is 0 Å². The van der Waals surface area contributed by atoms with Crippen molar-refractivity contribution in [3.63, 3.8) is 0 Å². The van der Waals surface area contributed by atoms with Gasteiger partial charge in [-0.25, -0.2) is 0 Å². The number of likely N-dealkylation sites (N-methyl/N-ethyl adjacent to an activating group) is 1. The Morgan fingerprint density at radius 3 is 1.50 bits per heavy atom. The molecule has 0 spiro atoms. The lowest BCUT2D eigenvalue weighted by molar-refractivity contribution is -0.889. The minimum atomic E-state index is 0.613. The van der Waals surface area contributed by atoms with E-state index in [0.29, 0.717) is 6.54 Å². The molecule has 4 nitrogen and oxygen atoms in total. The van der Waals surface area contributed by atoms with Crippen LogP contribution in [-0.4, -0.2) is 38.2 Å². The average molecular weight is 340 g/mol. The second-order valence-electron chi connectivity index (χ2n) is 7.93. The molecule has 142 valence electrons. The highest BCUT2D eigenvalue weighted by Gasteiger charge is 2.12. The Morgan fingerprint density at radius 2 is 1.08 bits per heavy atom.